The fourth-order valence-corrected chi connectivity index (χ4v) is 2.45. The summed E-state index contributed by atoms with van der Waals surface area (Å²) in [5, 5.41) is 12.0. The van der Waals surface area contributed by atoms with Crippen LogP contribution in [0.5, 0.6) is 0 Å². The molecule has 1 heterocycles. The minimum Gasteiger partial charge on any atom is -0.360 e. The Bertz CT molecular complexity index is 481. The molecule has 0 radical (unpaired) electrons. The summed E-state index contributed by atoms with van der Waals surface area (Å²) in [7, 11) is 1.94. The number of benzene rings is 1. The van der Waals surface area contributed by atoms with Crippen LogP contribution in [0.4, 0.5) is 5.69 Å². The van der Waals surface area contributed by atoms with Crippen LogP contribution < -0.4 is 4.90 Å². The summed E-state index contributed by atoms with van der Waals surface area (Å²) in [6.45, 7) is 0.431. The normalized spacial score (nSPS) is 10.0. The van der Waals surface area contributed by atoms with Crippen molar-refractivity contribution in [1.29, 1.82) is 5.26 Å². The number of hydrogen-bond acceptors (Lipinski definition) is 3. The summed E-state index contributed by atoms with van der Waals surface area (Å²) >= 11 is 1.72. The lowest BCUT2D eigenvalue weighted by Crippen LogP contribution is -2.16. The second kappa shape index (κ2) is 3.69. The van der Waals surface area contributed by atoms with Gasteiger partial charge in [-0.15, -0.1) is 11.3 Å². The molecule has 0 bridgehead atoms. The van der Waals surface area contributed by atoms with Gasteiger partial charge in [-0.1, -0.05) is 18.2 Å². The standard InChI is InChI=1S/C11H10N2S/c1-13(7-6-12)10-8-14-11-5-3-2-4-9(10)11/h2-5,8H,7H2,1H3. The fourth-order valence-electron chi connectivity index (χ4n) is 1.45. The van der Waals surface area contributed by atoms with Crippen molar-refractivity contribution < 1.29 is 0 Å². The molecule has 0 spiro atoms. The van der Waals surface area contributed by atoms with E-state index in [1.807, 2.05) is 24.1 Å². The first-order valence-electron chi connectivity index (χ1n) is 4.37. The average molecular weight is 202 g/mol. The van der Waals surface area contributed by atoms with E-state index >= 15 is 0 Å². The maximum atomic E-state index is 8.62. The molecule has 0 aliphatic carbocycles. The van der Waals surface area contributed by atoms with E-state index in [9.17, 15) is 0 Å². The maximum Gasteiger partial charge on any atom is 0.105 e. The Hall–Kier alpha value is -1.53. The van der Waals surface area contributed by atoms with Crippen LogP contribution in [0.25, 0.3) is 10.1 Å². The Labute approximate surface area is 87.0 Å². The summed E-state index contributed by atoms with van der Waals surface area (Å²) in [6, 6.07) is 10.4. The van der Waals surface area contributed by atoms with Crippen molar-refractivity contribution >= 4 is 27.1 Å². The molecule has 0 atom stereocenters. The predicted molar refractivity (Wildman–Crippen MR) is 60.7 cm³/mol. The Morgan fingerprint density at radius 1 is 1.43 bits per heavy atom. The fraction of sp³-hybridized carbons (Fsp3) is 0.182. The zero-order valence-electron chi connectivity index (χ0n) is 7.90. The third kappa shape index (κ3) is 1.45. The van der Waals surface area contributed by atoms with Gasteiger partial charge in [0.2, 0.25) is 0 Å². The van der Waals surface area contributed by atoms with Gasteiger partial charge < -0.3 is 4.90 Å². The molecule has 0 saturated heterocycles. The first-order valence-corrected chi connectivity index (χ1v) is 5.25. The summed E-state index contributed by atoms with van der Waals surface area (Å²) in [5.74, 6) is 0. The molecule has 14 heavy (non-hydrogen) atoms. The van der Waals surface area contributed by atoms with Gasteiger partial charge in [-0.2, -0.15) is 5.26 Å². The highest BCUT2D eigenvalue weighted by Crippen LogP contribution is 2.31. The number of thiophene rings is 1. The molecule has 0 aliphatic rings. The second-order valence-corrected chi connectivity index (χ2v) is 4.04. The van der Waals surface area contributed by atoms with Crippen molar-refractivity contribution in [1.82, 2.24) is 0 Å². The van der Waals surface area contributed by atoms with E-state index in [1.165, 1.54) is 10.1 Å². The van der Waals surface area contributed by atoms with Gasteiger partial charge in [-0.3, -0.25) is 0 Å². The topological polar surface area (TPSA) is 27.0 Å². The second-order valence-electron chi connectivity index (χ2n) is 3.13. The van der Waals surface area contributed by atoms with Gasteiger partial charge in [0.1, 0.15) is 6.54 Å². The Morgan fingerprint density at radius 3 is 3.00 bits per heavy atom. The summed E-state index contributed by atoms with van der Waals surface area (Å²) in [6.07, 6.45) is 0. The van der Waals surface area contributed by atoms with Crippen molar-refractivity contribution in [3.63, 3.8) is 0 Å². The number of nitrogens with zero attached hydrogens (tertiary/aromatic N) is 2. The van der Waals surface area contributed by atoms with Crippen LogP contribution in [0.2, 0.25) is 0 Å². The Balaban J connectivity index is 2.48. The van der Waals surface area contributed by atoms with Crippen LogP contribution in [0.3, 0.4) is 0 Å². The van der Waals surface area contributed by atoms with Crippen LogP contribution in [0, 0.1) is 11.3 Å². The van der Waals surface area contributed by atoms with Crippen molar-refractivity contribution in [2.24, 2.45) is 0 Å². The molecule has 3 heteroatoms. The first-order chi connectivity index (χ1) is 6.83. The Morgan fingerprint density at radius 2 is 2.21 bits per heavy atom. The lowest BCUT2D eigenvalue weighted by Gasteiger charge is -2.13. The molecule has 0 fully saturated rings. The Kier molecular flexibility index (Phi) is 2.38. The minimum atomic E-state index is 0.431. The van der Waals surface area contributed by atoms with E-state index in [0.29, 0.717) is 6.54 Å². The predicted octanol–water partition coefficient (Wildman–Crippen LogP) is 2.86. The smallest absolute Gasteiger partial charge is 0.105 e. The van der Waals surface area contributed by atoms with E-state index in [2.05, 4.69) is 23.6 Å². The van der Waals surface area contributed by atoms with Gasteiger partial charge in [0.05, 0.1) is 11.8 Å². The van der Waals surface area contributed by atoms with Gasteiger partial charge >= 0.3 is 0 Å². The lowest BCUT2D eigenvalue weighted by molar-refractivity contribution is 1.05. The van der Waals surface area contributed by atoms with E-state index in [4.69, 9.17) is 5.26 Å². The lowest BCUT2D eigenvalue weighted by atomic mass is 10.2. The highest BCUT2D eigenvalue weighted by Gasteiger charge is 2.06. The van der Waals surface area contributed by atoms with Crippen molar-refractivity contribution in [2.75, 3.05) is 18.5 Å². The van der Waals surface area contributed by atoms with E-state index in [1.54, 1.807) is 11.3 Å². The highest BCUT2D eigenvalue weighted by atomic mass is 32.1. The molecule has 2 nitrogen and oxygen atoms in total. The molecule has 1 aromatic heterocycles. The van der Waals surface area contributed by atoms with Crippen molar-refractivity contribution in [3.8, 4) is 6.07 Å². The van der Waals surface area contributed by atoms with Crippen molar-refractivity contribution in [3.05, 3.63) is 29.6 Å². The van der Waals surface area contributed by atoms with E-state index < -0.39 is 0 Å². The maximum absolute atomic E-state index is 8.62. The molecule has 70 valence electrons. The molecule has 0 N–H and O–H groups in total. The number of fused-ring (bicyclic) bond motifs is 1. The molecule has 1 aromatic carbocycles. The molecule has 0 aliphatic heterocycles. The molecule has 2 aromatic rings. The van der Waals surface area contributed by atoms with Crippen LogP contribution in [0.15, 0.2) is 29.6 Å². The van der Waals surface area contributed by atoms with Gasteiger partial charge in [0, 0.05) is 22.5 Å². The number of hydrogen-bond donors (Lipinski definition) is 0. The number of anilines is 1. The monoisotopic (exact) mass is 202 g/mol. The van der Waals surface area contributed by atoms with Crippen molar-refractivity contribution in [2.45, 2.75) is 0 Å². The van der Waals surface area contributed by atoms with Gasteiger partial charge in [-0.05, 0) is 6.07 Å². The van der Waals surface area contributed by atoms with Crippen LogP contribution in [-0.4, -0.2) is 13.6 Å². The summed E-state index contributed by atoms with van der Waals surface area (Å²) < 4.78 is 1.27. The zero-order chi connectivity index (χ0) is 9.97. The minimum absolute atomic E-state index is 0.431. The molecular formula is C11H10N2S. The van der Waals surface area contributed by atoms with E-state index in [0.717, 1.165) is 5.69 Å². The van der Waals surface area contributed by atoms with Gasteiger partial charge in [0.15, 0.2) is 0 Å². The molecule has 2 rings (SSSR count). The van der Waals surface area contributed by atoms with Gasteiger partial charge in [-0.25, -0.2) is 0 Å². The van der Waals surface area contributed by atoms with Crippen LogP contribution in [-0.2, 0) is 0 Å². The highest BCUT2D eigenvalue weighted by molar-refractivity contribution is 7.17. The van der Waals surface area contributed by atoms with Gasteiger partial charge in [0.25, 0.3) is 0 Å². The largest absolute Gasteiger partial charge is 0.360 e. The summed E-state index contributed by atoms with van der Waals surface area (Å²) in [5.41, 5.74) is 1.15. The quantitative estimate of drug-likeness (QED) is 0.700. The average Bonchev–Trinajstić information content (AvgIpc) is 2.61. The zero-order valence-corrected chi connectivity index (χ0v) is 8.71. The first kappa shape index (κ1) is 9.04. The van der Waals surface area contributed by atoms with Crippen LogP contribution in [0.1, 0.15) is 0 Å². The van der Waals surface area contributed by atoms with Crippen LogP contribution >= 0.6 is 11.3 Å². The molecular weight excluding hydrogens is 192 g/mol. The third-order valence-electron chi connectivity index (χ3n) is 2.18. The summed E-state index contributed by atoms with van der Waals surface area (Å²) in [4.78, 5) is 1.97. The molecule has 0 unspecified atom stereocenters. The van der Waals surface area contributed by atoms with E-state index in [-0.39, 0.29) is 0 Å². The number of rotatable bonds is 2. The SMILES string of the molecule is CN(CC#N)c1csc2ccccc12. The number of nitriles is 1. The third-order valence-corrected chi connectivity index (χ3v) is 3.13. The molecule has 0 saturated carbocycles. The molecule has 0 amide bonds.